The number of halogens is 1. The van der Waals surface area contributed by atoms with Crippen LogP contribution in [-0.2, 0) is 4.74 Å². The van der Waals surface area contributed by atoms with E-state index in [4.69, 9.17) is 9.47 Å². The number of rotatable bonds is 9. The van der Waals surface area contributed by atoms with E-state index < -0.39 is 12.3 Å². The summed E-state index contributed by atoms with van der Waals surface area (Å²) in [7, 11) is 1.89. The summed E-state index contributed by atoms with van der Waals surface area (Å²) in [6.07, 6.45) is 11.9. The lowest BCUT2D eigenvalue weighted by atomic mass is 10.1. The monoisotopic (exact) mass is 318 g/mol. The van der Waals surface area contributed by atoms with Gasteiger partial charge in [-0.15, -0.1) is 0 Å². The fraction of sp³-hybridized carbons (Fsp3) is 0.333. The number of nitrogens with one attached hydrogen (secondary N) is 2. The Balaban J connectivity index is 2.00. The van der Waals surface area contributed by atoms with Crippen molar-refractivity contribution in [3.63, 3.8) is 0 Å². The predicted octanol–water partition coefficient (Wildman–Crippen LogP) is 2.65. The normalized spacial score (nSPS) is 19.9. The van der Waals surface area contributed by atoms with Crippen molar-refractivity contribution >= 4 is 6.08 Å². The predicted molar refractivity (Wildman–Crippen MR) is 91.0 cm³/mol. The molecule has 0 fully saturated rings. The van der Waals surface area contributed by atoms with Gasteiger partial charge in [0.2, 0.25) is 0 Å². The summed E-state index contributed by atoms with van der Waals surface area (Å²) >= 11 is 0. The Morgan fingerprint density at radius 3 is 2.83 bits per heavy atom. The molecular formula is C18H23FN2O2. The molecule has 1 unspecified atom stereocenters. The average molecular weight is 318 g/mol. The van der Waals surface area contributed by atoms with Crippen LogP contribution in [0.5, 0.6) is 5.75 Å². The second-order valence-electron chi connectivity index (χ2n) is 5.00. The number of benzene rings is 1. The summed E-state index contributed by atoms with van der Waals surface area (Å²) in [5.74, 6) is 0.772. The summed E-state index contributed by atoms with van der Waals surface area (Å²) in [6, 6.07) is 7.78. The number of hydrogen-bond acceptors (Lipinski definition) is 4. The number of para-hydroxylation sites is 1. The Morgan fingerprint density at radius 1 is 1.22 bits per heavy atom. The van der Waals surface area contributed by atoms with Gasteiger partial charge in [0, 0.05) is 5.56 Å². The molecule has 0 saturated carbocycles. The SMILES string of the molecule is CNC1(C=Cc2ccccc2OCCOCCF)C=CC=CN1. The Bertz CT molecular complexity index is 572. The van der Waals surface area contributed by atoms with Gasteiger partial charge in [0.1, 0.15) is 24.7 Å². The highest BCUT2D eigenvalue weighted by atomic mass is 19.1. The third-order valence-corrected chi connectivity index (χ3v) is 3.45. The molecule has 2 rings (SSSR count). The van der Waals surface area contributed by atoms with E-state index in [0.717, 1.165) is 11.3 Å². The van der Waals surface area contributed by atoms with Gasteiger partial charge >= 0.3 is 0 Å². The molecule has 0 spiro atoms. The van der Waals surface area contributed by atoms with Gasteiger partial charge in [-0.2, -0.15) is 0 Å². The first kappa shape index (κ1) is 17.2. The van der Waals surface area contributed by atoms with E-state index in [0.29, 0.717) is 13.2 Å². The summed E-state index contributed by atoms with van der Waals surface area (Å²) in [4.78, 5) is 0. The molecule has 0 aromatic heterocycles. The Labute approximate surface area is 136 Å². The number of hydrogen-bond donors (Lipinski definition) is 2. The molecule has 1 aliphatic rings. The molecule has 5 heteroatoms. The van der Waals surface area contributed by atoms with Crippen LogP contribution in [0, 0.1) is 0 Å². The minimum atomic E-state index is -0.472. The van der Waals surface area contributed by atoms with Crippen LogP contribution in [0.1, 0.15) is 5.56 Å². The lowest BCUT2D eigenvalue weighted by Gasteiger charge is -2.29. The van der Waals surface area contributed by atoms with Crippen molar-refractivity contribution in [1.29, 1.82) is 0 Å². The van der Waals surface area contributed by atoms with Crippen molar-refractivity contribution < 1.29 is 13.9 Å². The first-order valence-electron chi connectivity index (χ1n) is 7.65. The van der Waals surface area contributed by atoms with Crippen LogP contribution in [0.2, 0.25) is 0 Å². The fourth-order valence-electron chi connectivity index (χ4n) is 2.18. The lowest BCUT2D eigenvalue weighted by Crippen LogP contribution is -2.50. The van der Waals surface area contributed by atoms with Gasteiger partial charge in [-0.25, -0.2) is 4.39 Å². The van der Waals surface area contributed by atoms with E-state index in [-0.39, 0.29) is 6.61 Å². The molecule has 1 atom stereocenters. The van der Waals surface area contributed by atoms with Crippen LogP contribution >= 0.6 is 0 Å². The second-order valence-corrected chi connectivity index (χ2v) is 5.00. The molecule has 1 aliphatic heterocycles. The second kappa shape index (κ2) is 9.12. The first-order valence-corrected chi connectivity index (χ1v) is 7.65. The van der Waals surface area contributed by atoms with Gasteiger partial charge in [0.25, 0.3) is 0 Å². The van der Waals surface area contributed by atoms with E-state index in [1.165, 1.54) is 0 Å². The highest BCUT2D eigenvalue weighted by molar-refractivity contribution is 5.59. The molecule has 0 radical (unpaired) electrons. The van der Waals surface area contributed by atoms with Crippen molar-refractivity contribution in [3.8, 4) is 5.75 Å². The highest BCUT2D eigenvalue weighted by Gasteiger charge is 2.20. The maximum absolute atomic E-state index is 12.0. The molecule has 23 heavy (non-hydrogen) atoms. The summed E-state index contributed by atoms with van der Waals surface area (Å²) in [6.45, 7) is 0.405. The topological polar surface area (TPSA) is 42.5 Å². The van der Waals surface area contributed by atoms with Crippen molar-refractivity contribution in [2.24, 2.45) is 0 Å². The van der Waals surface area contributed by atoms with E-state index in [1.54, 1.807) is 0 Å². The largest absolute Gasteiger partial charge is 0.491 e. The first-order chi connectivity index (χ1) is 11.3. The number of ether oxygens (including phenoxy) is 2. The van der Waals surface area contributed by atoms with Crippen LogP contribution in [0.15, 0.2) is 54.8 Å². The Hall–Kier alpha value is -2.11. The van der Waals surface area contributed by atoms with Crippen LogP contribution < -0.4 is 15.4 Å². The molecule has 0 bridgehead atoms. The average Bonchev–Trinajstić information content (AvgIpc) is 2.61. The molecule has 2 N–H and O–H groups in total. The zero-order valence-electron chi connectivity index (χ0n) is 13.3. The molecule has 0 amide bonds. The van der Waals surface area contributed by atoms with Gasteiger partial charge in [-0.3, -0.25) is 5.32 Å². The number of allylic oxidation sites excluding steroid dienone is 2. The Morgan fingerprint density at radius 2 is 2.09 bits per heavy atom. The van der Waals surface area contributed by atoms with Gasteiger partial charge in [0.15, 0.2) is 0 Å². The van der Waals surface area contributed by atoms with Crippen molar-refractivity contribution in [1.82, 2.24) is 10.6 Å². The molecule has 1 aromatic carbocycles. The lowest BCUT2D eigenvalue weighted by molar-refractivity contribution is 0.0896. The van der Waals surface area contributed by atoms with Crippen LogP contribution in [0.3, 0.4) is 0 Å². The standard InChI is InChI=1S/C18H23FN2O2/c1-20-18(9-4-5-12-21-18)10-8-16-6-2-3-7-17(16)23-15-14-22-13-11-19/h2-10,12,20-21H,11,13-15H2,1H3. The molecular weight excluding hydrogens is 295 g/mol. The highest BCUT2D eigenvalue weighted by Crippen LogP contribution is 2.21. The third kappa shape index (κ3) is 5.23. The Kier molecular flexibility index (Phi) is 6.84. The molecule has 1 heterocycles. The quantitative estimate of drug-likeness (QED) is 0.687. The summed E-state index contributed by atoms with van der Waals surface area (Å²) < 4.78 is 22.8. The van der Waals surface area contributed by atoms with Crippen molar-refractivity contribution in [2.75, 3.05) is 33.5 Å². The van der Waals surface area contributed by atoms with Crippen molar-refractivity contribution in [3.05, 3.63) is 60.3 Å². The molecule has 0 aliphatic carbocycles. The van der Waals surface area contributed by atoms with Gasteiger partial charge < -0.3 is 14.8 Å². The molecule has 1 aromatic rings. The minimum Gasteiger partial charge on any atom is -0.491 e. The number of dihydropyridines is 1. The van der Waals surface area contributed by atoms with Gasteiger partial charge in [0.05, 0.1) is 13.2 Å². The third-order valence-electron chi connectivity index (χ3n) is 3.45. The molecule has 4 nitrogen and oxygen atoms in total. The van der Waals surface area contributed by atoms with Crippen molar-refractivity contribution in [2.45, 2.75) is 5.66 Å². The van der Waals surface area contributed by atoms with Crippen LogP contribution in [-0.4, -0.2) is 39.2 Å². The van der Waals surface area contributed by atoms with E-state index >= 15 is 0 Å². The number of alkyl halides is 1. The van der Waals surface area contributed by atoms with Gasteiger partial charge in [-0.05, 0) is 37.5 Å². The smallest absolute Gasteiger partial charge is 0.127 e. The van der Waals surface area contributed by atoms with E-state index in [9.17, 15) is 4.39 Å². The summed E-state index contributed by atoms with van der Waals surface area (Å²) in [5.41, 5.74) is 0.559. The molecule has 0 saturated heterocycles. The van der Waals surface area contributed by atoms with Crippen LogP contribution in [0.4, 0.5) is 4.39 Å². The fourth-order valence-corrected chi connectivity index (χ4v) is 2.18. The van der Waals surface area contributed by atoms with E-state index in [2.05, 4.69) is 10.6 Å². The zero-order chi connectivity index (χ0) is 16.4. The maximum Gasteiger partial charge on any atom is 0.127 e. The van der Waals surface area contributed by atoms with E-state index in [1.807, 2.05) is 67.9 Å². The summed E-state index contributed by atoms with van der Waals surface area (Å²) in [5, 5.41) is 6.52. The minimum absolute atomic E-state index is 0.112. The number of likely N-dealkylation sites (N-methyl/N-ethyl adjacent to an activating group) is 1. The van der Waals surface area contributed by atoms with Gasteiger partial charge in [-0.1, -0.05) is 30.4 Å². The zero-order valence-corrected chi connectivity index (χ0v) is 13.3. The van der Waals surface area contributed by atoms with Crippen LogP contribution in [0.25, 0.3) is 6.08 Å². The maximum atomic E-state index is 12.0. The molecule has 124 valence electrons.